The van der Waals surface area contributed by atoms with Crippen LogP contribution in [-0.2, 0) is 23.1 Å². The first-order valence-electron chi connectivity index (χ1n) is 12.1. The Bertz CT molecular complexity index is 1510. The Kier molecular flexibility index (Phi) is 7.18. The second-order valence-corrected chi connectivity index (χ2v) is 11.2. The molecule has 4 aromatic rings. The monoisotopic (exact) mass is 542 g/mol. The van der Waals surface area contributed by atoms with E-state index >= 15 is 0 Å². The van der Waals surface area contributed by atoms with Crippen LogP contribution in [0.5, 0.6) is 0 Å². The summed E-state index contributed by atoms with van der Waals surface area (Å²) in [6.45, 7) is 13.9. The summed E-state index contributed by atoms with van der Waals surface area (Å²) in [6.07, 6.45) is -1.21. The summed E-state index contributed by atoms with van der Waals surface area (Å²) in [5, 5.41) is 16.8. The molecule has 0 aliphatic heterocycles. The van der Waals surface area contributed by atoms with Crippen molar-refractivity contribution in [3.05, 3.63) is 68.2 Å². The largest absolute Gasteiger partial charge is 0.479 e. The van der Waals surface area contributed by atoms with Crippen molar-refractivity contribution in [2.24, 2.45) is 7.05 Å². The average Bonchev–Trinajstić information content (AvgIpc) is 3.18. The van der Waals surface area contributed by atoms with Crippen molar-refractivity contribution in [1.82, 2.24) is 19.3 Å². The van der Waals surface area contributed by atoms with Gasteiger partial charge in [0, 0.05) is 45.5 Å². The maximum atomic E-state index is 12.6. The molecule has 0 aliphatic rings. The predicted molar refractivity (Wildman–Crippen MR) is 148 cm³/mol. The van der Waals surface area contributed by atoms with E-state index < -0.39 is 17.7 Å². The molecule has 3 aromatic heterocycles. The van der Waals surface area contributed by atoms with Crippen LogP contribution >= 0.6 is 23.2 Å². The maximum absolute atomic E-state index is 12.6. The number of carbonyl (C=O) groups is 1. The lowest BCUT2D eigenvalue weighted by molar-refractivity contribution is -0.160. The number of halogens is 2. The smallest absolute Gasteiger partial charge is 0.337 e. The highest BCUT2D eigenvalue weighted by molar-refractivity contribution is 6.30. The molecule has 0 unspecified atom stereocenters. The Hall–Kier alpha value is -2.87. The number of benzene rings is 1. The zero-order chi connectivity index (χ0) is 27.4. The van der Waals surface area contributed by atoms with Crippen molar-refractivity contribution in [3.63, 3.8) is 0 Å². The van der Waals surface area contributed by atoms with E-state index in [0.717, 1.165) is 44.7 Å². The van der Waals surface area contributed by atoms with Crippen LogP contribution in [0.1, 0.15) is 60.6 Å². The third kappa shape index (κ3) is 5.00. The molecule has 1 atom stereocenters. The first-order chi connectivity index (χ1) is 17.2. The lowest BCUT2D eigenvalue weighted by Gasteiger charge is -2.28. The number of ether oxygens (including phenoxy) is 1. The number of rotatable bonds is 6. The van der Waals surface area contributed by atoms with Crippen LogP contribution in [0.4, 0.5) is 0 Å². The second-order valence-electron chi connectivity index (χ2n) is 10.4. The quantitative estimate of drug-likeness (QED) is 0.284. The molecule has 0 aliphatic carbocycles. The number of nitrogens with zero attached hydrogens (tertiary/aromatic N) is 4. The number of hydrogen-bond acceptors (Lipinski definition) is 4. The van der Waals surface area contributed by atoms with Gasteiger partial charge in [-0.3, -0.25) is 4.68 Å². The SMILES string of the molecule is Cc1nn(C)c(Cl)c1Cn1c(C)c(C)c2c(-c3ccc(Cl)cc3)c([C@H](OC(C)(C)C)C(=O)O)c(C)nc21. The fourth-order valence-electron chi connectivity index (χ4n) is 4.82. The molecule has 0 fully saturated rings. The summed E-state index contributed by atoms with van der Waals surface area (Å²) in [5.41, 5.74) is 6.59. The summed E-state index contributed by atoms with van der Waals surface area (Å²) in [7, 11) is 1.82. The molecule has 0 amide bonds. The van der Waals surface area contributed by atoms with E-state index in [-0.39, 0.29) is 0 Å². The standard InChI is InChI=1S/C28H32Cl2N4O3/c1-14-17(4)34(13-20-15(2)32-33(8)25(20)30)26-21(14)23(18-9-11-19(29)12-10-18)22(16(3)31-26)24(27(35)36)37-28(5,6)7/h9-12,24H,13H2,1-8H3,(H,35,36)/t24-/m0/s1. The van der Waals surface area contributed by atoms with E-state index in [1.54, 1.807) is 16.8 Å². The van der Waals surface area contributed by atoms with Crippen molar-refractivity contribution in [2.45, 2.75) is 66.7 Å². The highest BCUT2D eigenvalue weighted by Gasteiger charge is 2.33. The van der Waals surface area contributed by atoms with Gasteiger partial charge in [0.25, 0.3) is 0 Å². The molecular formula is C28H32Cl2N4O3. The molecule has 9 heteroatoms. The lowest BCUT2D eigenvalue weighted by Crippen LogP contribution is -2.28. The molecule has 3 heterocycles. The van der Waals surface area contributed by atoms with Crippen LogP contribution in [-0.4, -0.2) is 36.0 Å². The Morgan fingerprint density at radius 2 is 1.70 bits per heavy atom. The molecule has 1 N–H and O–H groups in total. The first kappa shape index (κ1) is 27.2. The third-order valence-electron chi connectivity index (χ3n) is 6.66. The van der Waals surface area contributed by atoms with E-state index in [1.165, 1.54) is 0 Å². The highest BCUT2D eigenvalue weighted by Crippen LogP contribution is 2.42. The lowest BCUT2D eigenvalue weighted by atomic mass is 9.91. The zero-order valence-corrected chi connectivity index (χ0v) is 23.9. The van der Waals surface area contributed by atoms with Crippen molar-refractivity contribution >= 4 is 40.2 Å². The Morgan fingerprint density at radius 3 is 2.22 bits per heavy atom. The Balaban J connectivity index is 2.09. The van der Waals surface area contributed by atoms with Gasteiger partial charge in [0.1, 0.15) is 10.8 Å². The van der Waals surface area contributed by atoms with Crippen molar-refractivity contribution < 1.29 is 14.6 Å². The van der Waals surface area contributed by atoms with E-state index in [4.69, 9.17) is 32.9 Å². The normalized spacial score (nSPS) is 12.9. The molecule has 0 bridgehead atoms. The van der Waals surface area contributed by atoms with Gasteiger partial charge in [-0.1, -0.05) is 35.3 Å². The molecular weight excluding hydrogens is 511 g/mol. The van der Waals surface area contributed by atoms with E-state index in [9.17, 15) is 9.90 Å². The first-order valence-corrected chi connectivity index (χ1v) is 12.8. The Morgan fingerprint density at radius 1 is 1.08 bits per heavy atom. The minimum Gasteiger partial charge on any atom is -0.479 e. The second kappa shape index (κ2) is 9.78. The number of aromatic nitrogens is 4. The van der Waals surface area contributed by atoms with Crippen LogP contribution in [0.2, 0.25) is 10.2 Å². The number of pyridine rings is 1. The average molecular weight is 543 g/mol. The van der Waals surface area contributed by atoms with Crippen LogP contribution in [0.25, 0.3) is 22.2 Å². The van der Waals surface area contributed by atoms with Gasteiger partial charge in [0.2, 0.25) is 0 Å². The third-order valence-corrected chi connectivity index (χ3v) is 7.39. The summed E-state index contributed by atoms with van der Waals surface area (Å²) in [4.78, 5) is 17.6. The van der Waals surface area contributed by atoms with Crippen molar-refractivity contribution in [2.75, 3.05) is 0 Å². The number of aryl methyl sites for hydroxylation is 4. The van der Waals surface area contributed by atoms with Crippen LogP contribution in [0, 0.1) is 27.7 Å². The topological polar surface area (TPSA) is 82.2 Å². The minimum atomic E-state index is -1.21. The molecule has 0 radical (unpaired) electrons. The van der Waals surface area contributed by atoms with Crippen LogP contribution < -0.4 is 0 Å². The molecule has 4 rings (SSSR count). The van der Waals surface area contributed by atoms with Crippen LogP contribution in [0.15, 0.2) is 24.3 Å². The van der Waals surface area contributed by atoms with Crippen LogP contribution in [0.3, 0.4) is 0 Å². The fraction of sp³-hybridized carbons (Fsp3) is 0.393. The molecule has 37 heavy (non-hydrogen) atoms. The van der Waals surface area contributed by atoms with Gasteiger partial charge in [-0.15, -0.1) is 0 Å². The van der Waals surface area contributed by atoms with Crippen molar-refractivity contribution in [3.8, 4) is 11.1 Å². The number of aliphatic carboxylic acids is 1. The van der Waals surface area contributed by atoms with Gasteiger partial charge in [-0.2, -0.15) is 5.10 Å². The fourth-order valence-corrected chi connectivity index (χ4v) is 5.18. The number of carboxylic acids is 1. The van der Waals surface area contributed by atoms with Gasteiger partial charge in [0.05, 0.1) is 17.8 Å². The van der Waals surface area contributed by atoms with E-state index in [2.05, 4.69) is 9.67 Å². The summed E-state index contributed by atoms with van der Waals surface area (Å²) in [5.74, 6) is -1.07. The number of fused-ring (bicyclic) bond motifs is 1. The summed E-state index contributed by atoms with van der Waals surface area (Å²) >= 11 is 12.8. The Labute approximate surface area is 227 Å². The van der Waals surface area contributed by atoms with Crippen molar-refractivity contribution in [1.29, 1.82) is 0 Å². The summed E-state index contributed by atoms with van der Waals surface area (Å²) < 4.78 is 9.89. The maximum Gasteiger partial charge on any atom is 0.337 e. The number of hydrogen-bond donors (Lipinski definition) is 1. The van der Waals surface area contributed by atoms with E-state index in [0.29, 0.717) is 28.0 Å². The number of carboxylic acid groups (broad SMARTS) is 1. The van der Waals surface area contributed by atoms with E-state index in [1.807, 2.05) is 67.6 Å². The highest BCUT2D eigenvalue weighted by atomic mass is 35.5. The molecule has 196 valence electrons. The zero-order valence-electron chi connectivity index (χ0n) is 22.4. The van der Waals surface area contributed by atoms with Gasteiger partial charge < -0.3 is 14.4 Å². The van der Waals surface area contributed by atoms with Gasteiger partial charge >= 0.3 is 5.97 Å². The summed E-state index contributed by atoms with van der Waals surface area (Å²) in [6, 6.07) is 7.43. The predicted octanol–water partition coefficient (Wildman–Crippen LogP) is 6.97. The molecule has 1 aromatic carbocycles. The molecule has 0 spiro atoms. The molecule has 0 saturated carbocycles. The molecule has 7 nitrogen and oxygen atoms in total. The minimum absolute atomic E-state index is 0.487. The molecule has 0 saturated heterocycles. The van der Waals surface area contributed by atoms with Gasteiger partial charge in [0.15, 0.2) is 6.10 Å². The van der Waals surface area contributed by atoms with Gasteiger partial charge in [-0.25, -0.2) is 9.78 Å². The van der Waals surface area contributed by atoms with Gasteiger partial charge in [-0.05, 0) is 71.7 Å².